The first-order chi connectivity index (χ1) is 15.7. The lowest BCUT2D eigenvalue weighted by Crippen LogP contribution is -2.39. The van der Waals surface area contributed by atoms with Crippen LogP contribution in [0.4, 0.5) is 19.0 Å². The van der Waals surface area contributed by atoms with Gasteiger partial charge in [-0.1, -0.05) is 19.9 Å². The maximum Gasteiger partial charge on any atom is 0.416 e. The Kier molecular flexibility index (Phi) is 6.61. The minimum atomic E-state index is -4.37. The molecule has 1 amide bonds. The molecule has 0 spiro atoms. The molecular weight excluding hydrogens is 431 g/mol. The molecule has 1 unspecified atom stereocenters. The number of likely N-dealkylation sites (tertiary alicyclic amines) is 1. The first kappa shape index (κ1) is 23.5. The van der Waals surface area contributed by atoms with Crippen molar-refractivity contribution in [3.8, 4) is 0 Å². The van der Waals surface area contributed by atoms with E-state index in [1.165, 1.54) is 12.4 Å². The van der Waals surface area contributed by atoms with Crippen LogP contribution in [0.2, 0.25) is 0 Å². The van der Waals surface area contributed by atoms with Crippen LogP contribution in [0.25, 0.3) is 0 Å². The molecule has 2 aromatic rings. The maximum atomic E-state index is 13.3. The summed E-state index contributed by atoms with van der Waals surface area (Å²) < 4.78 is 39.5. The van der Waals surface area contributed by atoms with E-state index in [1.807, 2.05) is 16.7 Å². The van der Waals surface area contributed by atoms with Crippen LogP contribution in [0, 0.1) is 6.92 Å². The fraction of sp³-hybridized carbons (Fsp3) is 0.542. The lowest BCUT2D eigenvalue weighted by molar-refractivity contribution is -0.137. The monoisotopic (exact) mass is 461 g/mol. The van der Waals surface area contributed by atoms with E-state index < -0.39 is 11.7 Å². The molecule has 0 N–H and O–H groups in total. The van der Waals surface area contributed by atoms with Crippen molar-refractivity contribution in [1.82, 2.24) is 19.8 Å². The van der Waals surface area contributed by atoms with Crippen molar-refractivity contribution in [2.24, 2.45) is 0 Å². The maximum absolute atomic E-state index is 13.3. The summed E-state index contributed by atoms with van der Waals surface area (Å²) in [7, 11) is 0. The van der Waals surface area contributed by atoms with Crippen molar-refractivity contribution < 1.29 is 18.0 Å². The highest BCUT2D eigenvalue weighted by atomic mass is 19.4. The van der Waals surface area contributed by atoms with Crippen LogP contribution in [0.5, 0.6) is 0 Å². The summed E-state index contributed by atoms with van der Waals surface area (Å²) in [6.07, 6.45) is -1.43. The number of carbonyl (C=O) groups excluding carboxylic acids is 1. The number of amides is 1. The second kappa shape index (κ2) is 9.29. The van der Waals surface area contributed by atoms with Gasteiger partial charge >= 0.3 is 6.18 Å². The number of hydrogen-bond donors (Lipinski definition) is 0. The van der Waals surface area contributed by atoms with Gasteiger partial charge in [-0.3, -0.25) is 9.69 Å². The fourth-order valence-corrected chi connectivity index (χ4v) is 5.00. The summed E-state index contributed by atoms with van der Waals surface area (Å²) >= 11 is 0. The summed E-state index contributed by atoms with van der Waals surface area (Å²) in [6.45, 7) is 10.3. The van der Waals surface area contributed by atoms with Gasteiger partial charge in [0.2, 0.25) is 0 Å². The lowest BCUT2D eigenvalue weighted by atomic mass is 9.97. The Hall–Kier alpha value is -2.68. The number of alkyl halides is 3. The van der Waals surface area contributed by atoms with Crippen molar-refractivity contribution >= 4 is 11.7 Å². The van der Waals surface area contributed by atoms with E-state index in [9.17, 15) is 18.0 Å². The van der Waals surface area contributed by atoms with Gasteiger partial charge in [-0.2, -0.15) is 13.2 Å². The Balaban J connectivity index is 1.54. The molecule has 3 heterocycles. The number of hydrogen-bond acceptors (Lipinski definition) is 5. The van der Waals surface area contributed by atoms with Crippen LogP contribution in [-0.2, 0) is 19.1 Å². The second-order valence-electron chi connectivity index (χ2n) is 8.74. The molecule has 0 bridgehead atoms. The number of halogens is 3. The minimum absolute atomic E-state index is 0.109. The van der Waals surface area contributed by atoms with Crippen LogP contribution in [0.1, 0.15) is 53.0 Å². The fourth-order valence-electron chi connectivity index (χ4n) is 5.00. The van der Waals surface area contributed by atoms with E-state index >= 15 is 0 Å². The number of nitrogens with zero attached hydrogens (tertiary/aromatic N) is 5. The molecule has 1 aromatic heterocycles. The van der Waals surface area contributed by atoms with Gasteiger partial charge in [0.25, 0.3) is 5.91 Å². The van der Waals surface area contributed by atoms with Crippen LogP contribution in [0.3, 0.4) is 0 Å². The number of likely N-dealkylation sites (N-methyl/N-ethyl adjacent to an activating group) is 1. The van der Waals surface area contributed by atoms with Crippen LogP contribution < -0.4 is 4.90 Å². The predicted molar refractivity (Wildman–Crippen MR) is 120 cm³/mol. The molecule has 0 saturated carbocycles. The first-order valence-electron chi connectivity index (χ1n) is 11.5. The number of anilines is 1. The number of aromatic nitrogens is 2. The smallest absolute Gasteiger partial charge is 0.352 e. The topological polar surface area (TPSA) is 52.6 Å². The van der Waals surface area contributed by atoms with Gasteiger partial charge in [0.1, 0.15) is 17.8 Å². The molecule has 6 nitrogen and oxygen atoms in total. The molecule has 4 rings (SSSR count). The number of fused-ring (bicyclic) bond motifs is 1. The molecule has 1 atom stereocenters. The van der Waals surface area contributed by atoms with E-state index in [0.717, 1.165) is 31.1 Å². The van der Waals surface area contributed by atoms with Crippen molar-refractivity contribution in [2.45, 2.75) is 52.4 Å². The molecule has 1 saturated heterocycles. The standard InChI is InChI=1S/C24H30F3N5O/c1-4-30(5-2)20-9-11-32(14-20)23(33)21-16(3)22(29-15-28-21)31-10-8-17-6-7-19(24(25,26)27)12-18(17)13-31/h6-7,12,15,20H,4-5,8-11,13-14H2,1-3H3. The zero-order valence-electron chi connectivity index (χ0n) is 19.3. The van der Waals surface area contributed by atoms with Gasteiger partial charge in [-0.05, 0) is 56.1 Å². The normalized spacial score (nSPS) is 18.7. The molecule has 2 aliphatic heterocycles. The molecule has 0 aliphatic carbocycles. The summed E-state index contributed by atoms with van der Waals surface area (Å²) in [4.78, 5) is 28.1. The average Bonchev–Trinajstić information content (AvgIpc) is 3.28. The minimum Gasteiger partial charge on any atom is -0.352 e. The van der Waals surface area contributed by atoms with Crippen LogP contribution >= 0.6 is 0 Å². The third-order valence-electron chi connectivity index (χ3n) is 6.88. The highest BCUT2D eigenvalue weighted by molar-refractivity contribution is 5.95. The lowest BCUT2D eigenvalue weighted by Gasteiger charge is -2.31. The van der Waals surface area contributed by atoms with Gasteiger partial charge in [0, 0.05) is 37.8 Å². The Morgan fingerprint density at radius 3 is 2.61 bits per heavy atom. The largest absolute Gasteiger partial charge is 0.416 e. The Morgan fingerprint density at radius 2 is 1.91 bits per heavy atom. The molecule has 33 heavy (non-hydrogen) atoms. The zero-order chi connectivity index (χ0) is 23.8. The SMILES string of the molecule is CCN(CC)C1CCN(C(=O)c2ncnc(N3CCc4ccc(C(F)(F)F)cc4C3)c2C)C1. The summed E-state index contributed by atoms with van der Waals surface area (Å²) in [5.41, 5.74) is 1.96. The Bertz CT molecular complexity index is 1020. The van der Waals surface area contributed by atoms with Gasteiger partial charge in [0.15, 0.2) is 0 Å². The van der Waals surface area contributed by atoms with Gasteiger partial charge < -0.3 is 9.80 Å². The predicted octanol–water partition coefficient (Wildman–Crippen LogP) is 3.92. The van der Waals surface area contributed by atoms with Crippen LogP contribution in [-0.4, -0.2) is 64.4 Å². The number of benzene rings is 1. The van der Waals surface area contributed by atoms with Gasteiger partial charge in [0.05, 0.1) is 5.56 Å². The third-order valence-corrected chi connectivity index (χ3v) is 6.88. The molecule has 2 aliphatic rings. The second-order valence-corrected chi connectivity index (χ2v) is 8.74. The average molecular weight is 462 g/mol. The van der Waals surface area contributed by atoms with Crippen molar-refractivity contribution in [1.29, 1.82) is 0 Å². The van der Waals surface area contributed by atoms with Gasteiger partial charge in [-0.25, -0.2) is 9.97 Å². The Morgan fingerprint density at radius 1 is 1.15 bits per heavy atom. The zero-order valence-corrected chi connectivity index (χ0v) is 19.3. The number of carbonyl (C=O) groups is 1. The first-order valence-corrected chi connectivity index (χ1v) is 11.5. The number of rotatable bonds is 5. The molecule has 178 valence electrons. The van der Waals surface area contributed by atoms with Crippen molar-refractivity contribution in [3.63, 3.8) is 0 Å². The van der Waals surface area contributed by atoms with E-state index in [1.54, 1.807) is 6.07 Å². The molecule has 1 aromatic carbocycles. The molecule has 9 heteroatoms. The highest BCUT2D eigenvalue weighted by Gasteiger charge is 2.33. The van der Waals surface area contributed by atoms with E-state index in [2.05, 4.69) is 28.7 Å². The van der Waals surface area contributed by atoms with Crippen molar-refractivity contribution in [3.05, 3.63) is 52.5 Å². The highest BCUT2D eigenvalue weighted by Crippen LogP contribution is 2.33. The Labute approximate surface area is 192 Å². The van der Waals surface area contributed by atoms with E-state index in [-0.39, 0.29) is 5.91 Å². The molecule has 1 fully saturated rings. The van der Waals surface area contributed by atoms with Crippen molar-refractivity contribution in [2.75, 3.05) is 37.6 Å². The van der Waals surface area contributed by atoms with Gasteiger partial charge in [-0.15, -0.1) is 0 Å². The molecular formula is C24H30F3N5O. The molecule has 0 radical (unpaired) electrons. The van der Waals surface area contributed by atoms with E-state index in [4.69, 9.17) is 0 Å². The quantitative estimate of drug-likeness (QED) is 0.676. The summed E-state index contributed by atoms with van der Waals surface area (Å²) in [5, 5.41) is 0. The van der Waals surface area contributed by atoms with E-state index in [0.29, 0.717) is 61.3 Å². The summed E-state index contributed by atoms with van der Waals surface area (Å²) in [6, 6.07) is 4.29. The summed E-state index contributed by atoms with van der Waals surface area (Å²) in [5.74, 6) is 0.499. The third kappa shape index (κ3) is 4.69. The van der Waals surface area contributed by atoms with Crippen LogP contribution in [0.15, 0.2) is 24.5 Å².